The van der Waals surface area contributed by atoms with Crippen LogP contribution in [0.3, 0.4) is 0 Å². The molecule has 7 aliphatic rings. The lowest BCUT2D eigenvalue weighted by Gasteiger charge is -2.42. The summed E-state index contributed by atoms with van der Waals surface area (Å²) in [6.45, 7) is 53.2. The van der Waals surface area contributed by atoms with Crippen LogP contribution >= 0.6 is 0 Å². The van der Waals surface area contributed by atoms with Gasteiger partial charge in [-0.15, -0.1) is 0 Å². The predicted octanol–water partition coefficient (Wildman–Crippen LogP) is 24.5. The molecule has 464 valence electrons. The highest BCUT2D eigenvalue weighted by Crippen LogP contribution is 2.55. The second kappa shape index (κ2) is 21.0. The molecule has 0 bridgehead atoms. The molecule has 0 radical (unpaired) electrons. The minimum Gasteiger partial charge on any atom is -0.0799 e. The Labute approximate surface area is 538 Å². The molecule has 7 atom stereocenters. The van der Waals surface area contributed by atoms with Crippen molar-refractivity contribution in [2.24, 2.45) is 56.7 Å². The van der Waals surface area contributed by atoms with Crippen LogP contribution in [0.25, 0.3) is 61.7 Å². The summed E-state index contributed by atoms with van der Waals surface area (Å²) in [4.78, 5) is 0. The Bertz CT molecular complexity index is 4270. The lowest BCUT2D eigenvalue weighted by atomic mass is 9.62. The SMILES string of the molecule is CC1=CC(c2cc3cc(C4CC(C(C)(C)C)=Cc5cc(C(C)(C)C)ccc54)cc4c5c6c(cc(-c7cc(C(C)(C)C)cc8c7C=CC(C(C)(C)C)C8)cc6c(c2)c34)=CC(C2C=C(C(C)(C)C)C=C3C=C(C(C)(C)C)CCC32)C5)C2CCC(C(C)(C)C)=CC2=C1. The first kappa shape index (κ1) is 61.9. The van der Waals surface area contributed by atoms with E-state index in [1.165, 1.54) is 129 Å². The Morgan fingerprint density at radius 1 is 0.472 bits per heavy atom. The van der Waals surface area contributed by atoms with E-state index in [9.17, 15) is 0 Å². The van der Waals surface area contributed by atoms with Crippen molar-refractivity contribution >= 4 is 50.5 Å². The minimum atomic E-state index is -0.0113. The summed E-state index contributed by atoms with van der Waals surface area (Å²) in [5, 5.41) is 10.2. The molecule has 0 saturated heterocycles. The Hall–Kier alpha value is -5.98. The molecule has 0 aliphatic heterocycles. The van der Waals surface area contributed by atoms with Gasteiger partial charge in [0.15, 0.2) is 0 Å². The van der Waals surface area contributed by atoms with Crippen LogP contribution in [-0.2, 0) is 23.7 Å². The molecule has 0 nitrogen and oxygen atoms in total. The van der Waals surface area contributed by atoms with Crippen molar-refractivity contribution in [2.45, 2.75) is 220 Å². The van der Waals surface area contributed by atoms with Crippen molar-refractivity contribution in [3.63, 3.8) is 0 Å². The molecule has 7 aliphatic carbocycles. The molecule has 6 aromatic carbocycles. The van der Waals surface area contributed by atoms with Gasteiger partial charge in [-0.05, 0) is 253 Å². The summed E-state index contributed by atoms with van der Waals surface area (Å²) in [6.07, 6.45) is 34.1. The molecular formula is C89H108. The van der Waals surface area contributed by atoms with Crippen molar-refractivity contribution in [1.29, 1.82) is 0 Å². The van der Waals surface area contributed by atoms with Gasteiger partial charge in [-0.3, -0.25) is 0 Å². The summed E-state index contributed by atoms with van der Waals surface area (Å²) in [5.41, 5.74) is 27.2. The van der Waals surface area contributed by atoms with Gasteiger partial charge in [0.2, 0.25) is 0 Å². The molecule has 0 heteroatoms. The first-order valence-corrected chi connectivity index (χ1v) is 34.9. The first-order chi connectivity index (χ1) is 41.4. The van der Waals surface area contributed by atoms with E-state index >= 15 is 0 Å². The Balaban J connectivity index is 1.13. The fourth-order valence-electron chi connectivity index (χ4n) is 17.2. The predicted molar refractivity (Wildman–Crippen MR) is 389 cm³/mol. The van der Waals surface area contributed by atoms with Gasteiger partial charge in [0.1, 0.15) is 0 Å². The fraction of sp³-hybridized carbons (Fsp3) is 0.483. The minimum absolute atomic E-state index is 0.0113. The third-order valence-electron chi connectivity index (χ3n) is 23.0. The fourth-order valence-corrected chi connectivity index (χ4v) is 17.2. The van der Waals surface area contributed by atoms with Crippen molar-refractivity contribution in [1.82, 2.24) is 0 Å². The average Bonchev–Trinajstić information content (AvgIpc) is 0.707. The molecule has 0 fully saturated rings. The topological polar surface area (TPSA) is 0 Å². The highest BCUT2D eigenvalue weighted by atomic mass is 14.4. The first-order valence-electron chi connectivity index (χ1n) is 34.9. The van der Waals surface area contributed by atoms with Crippen molar-refractivity contribution < 1.29 is 0 Å². The average molecular weight is 1180 g/mol. The molecule has 0 N–H and O–H groups in total. The van der Waals surface area contributed by atoms with E-state index in [1.807, 2.05) is 0 Å². The molecule has 0 spiro atoms. The van der Waals surface area contributed by atoms with Gasteiger partial charge in [-0.25, -0.2) is 0 Å². The van der Waals surface area contributed by atoms with Crippen molar-refractivity contribution in [3.8, 4) is 11.1 Å². The smallest absolute Gasteiger partial charge is 0.0133 e. The quantitative estimate of drug-likeness (QED) is 0.122. The largest absolute Gasteiger partial charge is 0.0799 e. The van der Waals surface area contributed by atoms with E-state index in [0.717, 1.165) is 25.7 Å². The monoisotopic (exact) mass is 1180 g/mol. The second-order valence-electron chi connectivity index (χ2n) is 36.7. The maximum atomic E-state index is 2.83. The molecule has 0 heterocycles. The summed E-state index contributed by atoms with van der Waals surface area (Å²) in [7, 11) is 0. The number of hydrogen-bond acceptors (Lipinski definition) is 0. The Morgan fingerprint density at radius 2 is 1.10 bits per heavy atom. The maximum Gasteiger partial charge on any atom is 0.0133 e. The summed E-state index contributed by atoms with van der Waals surface area (Å²) in [6, 6.07) is 29.0. The van der Waals surface area contributed by atoms with Gasteiger partial charge in [0.05, 0.1) is 0 Å². The molecule has 89 heavy (non-hydrogen) atoms. The van der Waals surface area contributed by atoms with Crippen LogP contribution < -0.4 is 5.22 Å². The standard InChI is InChI=1S/C89H108/c1-51-31-52-37-62(83(2,3)4)23-27-69(52)73(32-51)53-33-60-34-54(74-48-66(87(14,15)16)41-57-38-63(84(5,6)7)24-28-70(57)74)46-79-80-47-56(76-50-68(89(20,21)22)43-59-40-65(86(11,12)13)26-30-72(59)76)36-61-35-55(45-78(82(61)80)77(44-53)81(60)79)75-49-67(88(17,18)19)42-58-39-64(85(8,9)10)25-29-71(58)75/h24-25,28-29,31-38,40-46,49-50,56,64,69,72-74,76H,23,26-27,30,39,47-48H2,1-22H3. The summed E-state index contributed by atoms with van der Waals surface area (Å²) in [5.74, 6) is 2.58. The van der Waals surface area contributed by atoms with E-state index in [0.29, 0.717) is 29.6 Å². The van der Waals surface area contributed by atoms with Gasteiger partial charge in [-0.1, -0.05) is 277 Å². The number of benzene rings is 6. The zero-order chi connectivity index (χ0) is 63.8. The van der Waals surface area contributed by atoms with E-state index in [4.69, 9.17) is 0 Å². The van der Waals surface area contributed by atoms with Crippen molar-refractivity contribution in [2.75, 3.05) is 0 Å². The van der Waals surface area contributed by atoms with Crippen LogP contribution in [0.5, 0.6) is 0 Å². The molecule has 0 amide bonds. The lowest BCUT2D eigenvalue weighted by Crippen LogP contribution is -2.33. The Morgan fingerprint density at radius 3 is 1.74 bits per heavy atom. The summed E-state index contributed by atoms with van der Waals surface area (Å²) >= 11 is 0. The normalized spacial score (nSPS) is 24.2. The highest BCUT2D eigenvalue weighted by molar-refractivity contribution is 6.24. The molecule has 7 unspecified atom stereocenters. The third-order valence-corrected chi connectivity index (χ3v) is 23.0. The summed E-state index contributed by atoms with van der Waals surface area (Å²) < 4.78 is 0. The molecule has 0 aromatic heterocycles. The number of hydrogen-bond donors (Lipinski definition) is 0. The van der Waals surface area contributed by atoms with Crippen LogP contribution in [0.4, 0.5) is 0 Å². The number of allylic oxidation sites excluding steroid dienone is 14. The van der Waals surface area contributed by atoms with Gasteiger partial charge in [0.25, 0.3) is 0 Å². The van der Waals surface area contributed by atoms with E-state index in [2.05, 4.69) is 280 Å². The third kappa shape index (κ3) is 11.3. The zero-order valence-electron chi connectivity index (χ0n) is 59.1. The maximum absolute atomic E-state index is 2.83. The molecule has 6 aromatic rings. The van der Waals surface area contributed by atoms with Crippen molar-refractivity contribution in [3.05, 3.63) is 204 Å². The van der Waals surface area contributed by atoms with Gasteiger partial charge in [0, 0.05) is 11.8 Å². The number of rotatable bonds is 4. The van der Waals surface area contributed by atoms with Crippen LogP contribution in [-0.4, -0.2) is 0 Å². The van der Waals surface area contributed by atoms with Crippen LogP contribution in [0, 0.1) is 56.7 Å². The van der Waals surface area contributed by atoms with E-state index in [1.54, 1.807) is 27.9 Å². The lowest BCUT2D eigenvalue weighted by molar-refractivity contribution is 0.290. The zero-order valence-corrected chi connectivity index (χ0v) is 59.1. The number of fused-ring (bicyclic) bond motifs is 6. The van der Waals surface area contributed by atoms with Gasteiger partial charge < -0.3 is 0 Å². The van der Waals surface area contributed by atoms with Crippen LogP contribution in [0.15, 0.2) is 148 Å². The molecule has 0 saturated carbocycles. The highest BCUT2D eigenvalue weighted by Gasteiger charge is 2.41. The van der Waals surface area contributed by atoms with E-state index in [-0.39, 0.29) is 49.7 Å². The van der Waals surface area contributed by atoms with Crippen LogP contribution in [0.2, 0.25) is 0 Å². The van der Waals surface area contributed by atoms with Crippen LogP contribution in [0.1, 0.15) is 246 Å². The molecule has 13 rings (SSSR count). The van der Waals surface area contributed by atoms with Gasteiger partial charge >= 0.3 is 0 Å². The molecular weight excluding hydrogens is 1070 g/mol. The van der Waals surface area contributed by atoms with Gasteiger partial charge in [-0.2, -0.15) is 0 Å². The Kier molecular flexibility index (Phi) is 14.6. The second-order valence-corrected chi connectivity index (χ2v) is 36.7. The van der Waals surface area contributed by atoms with E-state index < -0.39 is 0 Å².